The average molecular weight is 335 g/mol. The number of hydrogen-bond acceptors (Lipinski definition) is 5. The van der Waals surface area contributed by atoms with Gasteiger partial charge in [0.05, 0.1) is 4.88 Å². The van der Waals surface area contributed by atoms with Gasteiger partial charge in [-0.25, -0.2) is 0 Å². The van der Waals surface area contributed by atoms with Gasteiger partial charge in [-0.05, 0) is 49.1 Å². The zero-order valence-electron chi connectivity index (χ0n) is 13.4. The summed E-state index contributed by atoms with van der Waals surface area (Å²) < 4.78 is 0. The highest BCUT2D eigenvalue weighted by Gasteiger charge is 2.30. The molecule has 0 bridgehead atoms. The van der Waals surface area contributed by atoms with Crippen molar-refractivity contribution in [1.82, 2.24) is 10.2 Å². The van der Waals surface area contributed by atoms with E-state index in [1.54, 1.807) is 11.3 Å². The van der Waals surface area contributed by atoms with Crippen LogP contribution in [0.5, 0.6) is 0 Å². The van der Waals surface area contributed by atoms with Crippen LogP contribution in [-0.2, 0) is 12.8 Å². The van der Waals surface area contributed by atoms with E-state index >= 15 is 0 Å². The topological polar surface area (TPSA) is 54.9 Å². The fourth-order valence-electron chi connectivity index (χ4n) is 2.88. The van der Waals surface area contributed by atoms with Gasteiger partial charge in [0, 0.05) is 4.88 Å². The molecule has 1 N–H and O–H groups in total. The molecule has 0 saturated carbocycles. The van der Waals surface area contributed by atoms with Crippen LogP contribution in [0.1, 0.15) is 52.3 Å². The van der Waals surface area contributed by atoms with E-state index in [-0.39, 0.29) is 5.91 Å². The summed E-state index contributed by atoms with van der Waals surface area (Å²) in [7, 11) is 0. The number of aromatic nitrogens is 2. The fraction of sp³-hybridized carbons (Fsp3) is 0.562. The lowest BCUT2D eigenvalue weighted by Crippen LogP contribution is -2.26. The van der Waals surface area contributed by atoms with Crippen LogP contribution < -0.4 is 5.32 Å². The first-order valence-electron chi connectivity index (χ1n) is 7.56. The van der Waals surface area contributed by atoms with E-state index in [0.29, 0.717) is 16.5 Å². The van der Waals surface area contributed by atoms with Crippen LogP contribution in [0.4, 0.5) is 5.13 Å². The van der Waals surface area contributed by atoms with Crippen LogP contribution in [0.2, 0.25) is 0 Å². The Morgan fingerprint density at radius 2 is 2.09 bits per heavy atom. The van der Waals surface area contributed by atoms with Crippen molar-refractivity contribution < 1.29 is 4.79 Å². The maximum Gasteiger partial charge on any atom is 0.267 e. The predicted molar refractivity (Wildman–Crippen MR) is 91.9 cm³/mol. The molecule has 0 aliphatic heterocycles. The SMILES string of the molecule is Cc1nnc(NC(=O)c2cc3c(s2)CCC(C(C)(C)C)C3)s1. The van der Waals surface area contributed by atoms with Gasteiger partial charge >= 0.3 is 0 Å². The van der Waals surface area contributed by atoms with Gasteiger partial charge in [-0.1, -0.05) is 32.1 Å². The number of fused-ring (bicyclic) bond motifs is 1. The van der Waals surface area contributed by atoms with Gasteiger partial charge in [-0.2, -0.15) is 0 Å². The Bertz CT molecular complexity index is 697. The quantitative estimate of drug-likeness (QED) is 0.889. The zero-order valence-corrected chi connectivity index (χ0v) is 15.0. The van der Waals surface area contributed by atoms with Gasteiger partial charge in [0.1, 0.15) is 5.01 Å². The molecule has 1 unspecified atom stereocenters. The standard InChI is InChI=1S/C16H21N3OS2/c1-9-18-19-15(21-9)17-14(20)13-8-10-7-11(16(2,3)4)5-6-12(10)22-13/h8,11H,5-7H2,1-4H3,(H,17,19,20). The van der Waals surface area contributed by atoms with Crippen LogP contribution in [0.3, 0.4) is 0 Å². The molecule has 22 heavy (non-hydrogen) atoms. The van der Waals surface area contributed by atoms with E-state index in [0.717, 1.165) is 22.7 Å². The van der Waals surface area contributed by atoms with Gasteiger partial charge in [-0.3, -0.25) is 10.1 Å². The molecule has 0 saturated heterocycles. The molecule has 4 nitrogen and oxygen atoms in total. The Morgan fingerprint density at radius 3 is 2.73 bits per heavy atom. The van der Waals surface area contributed by atoms with Gasteiger partial charge in [0.25, 0.3) is 5.91 Å². The zero-order chi connectivity index (χ0) is 15.9. The van der Waals surface area contributed by atoms with Crippen molar-refractivity contribution in [3.63, 3.8) is 0 Å². The molecule has 0 fully saturated rings. The normalized spacial score (nSPS) is 18.1. The van der Waals surface area contributed by atoms with E-state index in [4.69, 9.17) is 0 Å². The lowest BCUT2D eigenvalue weighted by molar-refractivity contribution is 0.103. The summed E-state index contributed by atoms with van der Waals surface area (Å²) >= 11 is 3.03. The van der Waals surface area contributed by atoms with Crippen LogP contribution in [0.15, 0.2) is 6.07 Å². The summed E-state index contributed by atoms with van der Waals surface area (Å²) in [6.07, 6.45) is 3.39. The number of nitrogens with zero attached hydrogens (tertiary/aromatic N) is 2. The summed E-state index contributed by atoms with van der Waals surface area (Å²) in [6, 6.07) is 2.07. The van der Waals surface area contributed by atoms with Crippen LogP contribution in [0, 0.1) is 18.3 Å². The van der Waals surface area contributed by atoms with Crippen molar-refractivity contribution in [2.75, 3.05) is 5.32 Å². The second kappa shape index (κ2) is 5.74. The minimum atomic E-state index is -0.0668. The van der Waals surface area contributed by atoms with Gasteiger partial charge in [0.2, 0.25) is 5.13 Å². The van der Waals surface area contributed by atoms with Crippen molar-refractivity contribution in [3.8, 4) is 0 Å². The minimum Gasteiger partial charge on any atom is -0.296 e. The van der Waals surface area contributed by atoms with Crippen molar-refractivity contribution in [1.29, 1.82) is 0 Å². The molecule has 1 aliphatic rings. The van der Waals surface area contributed by atoms with Crippen molar-refractivity contribution in [3.05, 3.63) is 26.4 Å². The lowest BCUT2D eigenvalue weighted by Gasteiger charge is -2.33. The number of anilines is 1. The van der Waals surface area contributed by atoms with Crippen molar-refractivity contribution in [2.45, 2.75) is 47.0 Å². The Balaban J connectivity index is 1.75. The smallest absolute Gasteiger partial charge is 0.267 e. The number of rotatable bonds is 2. The highest BCUT2D eigenvalue weighted by molar-refractivity contribution is 7.16. The van der Waals surface area contributed by atoms with Crippen molar-refractivity contribution >= 4 is 33.7 Å². The monoisotopic (exact) mass is 335 g/mol. The highest BCUT2D eigenvalue weighted by atomic mass is 32.1. The third kappa shape index (κ3) is 3.22. The highest BCUT2D eigenvalue weighted by Crippen LogP contribution is 2.40. The Kier molecular flexibility index (Phi) is 4.07. The summed E-state index contributed by atoms with van der Waals surface area (Å²) in [6.45, 7) is 8.80. The first-order valence-corrected chi connectivity index (χ1v) is 9.19. The molecule has 0 spiro atoms. The molecule has 118 valence electrons. The molecule has 2 aromatic heterocycles. The predicted octanol–water partition coefficient (Wildman–Crippen LogP) is 4.31. The molecule has 1 atom stereocenters. The van der Waals surface area contributed by atoms with Crippen LogP contribution in [-0.4, -0.2) is 16.1 Å². The third-order valence-electron chi connectivity index (χ3n) is 4.28. The molecule has 0 aromatic carbocycles. The maximum absolute atomic E-state index is 12.4. The third-order valence-corrected chi connectivity index (χ3v) is 6.27. The Morgan fingerprint density at radius 1 is 1.32 bits per heavy atom. The summed E-state index contributed by atoms with van der Waals surface area (Å²) in [5, 5.41) is 12.1. The molecule has 2 aromatic rings. The van der Waals surface area contributed by atoms with Gasteiger partial charge < -0.3 is 0 Å². The molecule has 2 heterocycles. The molecular weight excluding hydrogens is 314 g/mol. The molecular formula is C16H21N3OS2. The molecule has 0 radical (unpaired) electrons. The summed E-state index contributed by atoms with van der Waals surface area (Å²) in [4.78, 5) is 14.5. The molecule has 6 heteroatoms. The number of nitrogens with one attached hydrogen (secondary N) is 1. The van der Waals surface area contributed by atoms with E-state index in [1.165, 1.54) is 28.2 Å². The van der Waals surface area contributed by atoms with Gasteiger partial charge in [-0.15, -0.1) is 21.5 Å². The lowest BCUT2D eigenvalue weighted by atomic mass is 9.72. The number of hydrogen-bond donors (Lipinski definition) is 1. The maximum atomic E-state index is 12.4. The number of thiophene rings is 1. The molecule has 1 amide bonds. The minimum absolute atomic E-state index is 0.0668. The molecule has 1 aliphatic carbocycles. The molecule has 3 rings (SSSR count). The van der Waals surface area contributed by atoms with Gasteiger partial charge in [0.15, 0.2) is 0 Å². The van der Waals surface area contributed by atoms with Crippen molar-refractivity contribution in [2.24, 2.45) is 11.3 Å². The Hall–Kier alpha value is -1.27. The number of carbonyl (C=O) groups is 1. The summed E-state index contributed by atoms with van der Waals surface area (Å²) in [5.41, 5.74) is 1.68. The largest absolute Gasteiger partial charge is 0.296 e. The Labute approximate surface area is 139 Å². The van der Waals surface area contributed by atoms with Crippen LogP contribution in [0.25, 0.3) is 0 Å². The average Bonchev–Trinajstić information content (AvgIpc) is 3.02. The first-order chi connectivity index (χ1) is 10.3. The first kappa shape index (κ1) is 15.6. The van der Waals surface area contributed by atoms with E-state index in [1.807, 2.05) is 6.92 Å². The number of carbonyl (C=O) groups excluding carboxylic acids is 1. The second-order valence-corrected chi connectivity index (χ2v) is 9.26. The number of aryl methyl sites for hydroxylation is 2. The number of amides is 1. The van der Waals surface area contributed by atoms with E-state index in [9.17, 15) is 4.79 Å². The second-order valence-electron chi connectivity index (χ2n) is 6.95. The fourth-order valence-corrected chi connectivity index (χ4v) is 4.57. The van der Waals surface area contributed by atoms with E-state index < -0.39 is 0 Å². The summed E-state index contributed by atoms with van der Waals surface area (Å²) in [5.74, 6) is 0.624. The van der Waals surface area contributed by atoms with Crippen LogP contribution >= 0.6 is 22.7 Å². The van der Waals surface area contributed by atoms with E-state index in [2.05, 4.69) is 42.4 Å².